The van der Waals surface area contributed by atoms with Crippen molar-refractivity contribution in [3.05, 3.63) is 32.4 Å². The van der Waals surface area contributed by atoms with Gasteiger partial charge in [0.25, 0.3) is 0 Å². The van der Waals surface area contributed by atoms with Crippen LogP contribution in [0.4, 0.5) is 0 Å². The van der Waals surface area contributed by atoms with Crippen LogP contribution in [0.25, 0.3) is 0 Å². The van der Waals surface area contributed by atoms with Crippen LogP contribution < -0.4 is 0 Å². The van der Waals surface area contributed by atoms with Gasteiger partial charge in [-0.05, 0) is 54.5 Å². The van der Waals surface area contributed by atoms with Crippen molar-refractivity contribution in [3.8, 4) is 0 Å². The fourth-order valence-electron chi connectivity index (χ4n) is 1.16. The Bertz CT molecular complexity index is 236. The van der Waals surface area contributed by atoms with Gasteiger partial charge in [-0.2, -0.15) is 0 Å². The van der Waals surface area contributed by atoms with Gasteiger partial charge in [0.15, 0.2) is 0 Å². The molecule has 0 nitrogen and oxygen atoms in total. The molecule has 0 fully saturated rings. The van der Waals surface area contributed by atoms with Crippen molar-refractivity contribution in [3.63, 3.8) is 0 Å². The van der Waals surface area contributed by atoms with E-state index in [1.165, 1.54) is 20.3 Å². The zero-order valence-corrected chi connectivity index (χ0v) is 11.1. The largest absolute Gasteiger partial charge is 0.147 e. The molecule has 1 rings (SSSR count). The molecule has 0 saturated heterocycles. The van der Waals surface area contributed by atoms with E-state index >= 15 is 0 Å². The van der Waals surface area contributed by atoms with Crippen molar-refractivity contribution in [1.82, 2.24) is 0 Å². The zero-order chi connectivity index (χ0) is 7.72. The predicted octanol–water partition coefficient (Wildman–Crippen LogP) is 4.06. The summed E-state index contributed by atoms with van der Waals surface area (Å²) in [5, 5.41) is 0. The molecule has 0 spiro atoms. The van der Waals surface area contributed by atoms with E-state index in [-0.39, 0.29) is 24.8 Å². The lowest BCUT2D eigenvalue weighted by Crippen LogP contribution is -1.86. The molecule has 70 valence electrons. The van der Waals surface area contributed by atoms with Gasteiger partial charge < -0.3 is 0 Å². The fraction of sp³-hybridized carbons (Fsp3) is 0.333. The van der Waals surface area contributed by atoms with Crippen molar-refractivity contribution >= 4 is 47.4 Å². The smallest absolute Gasteiger partial charge is 0.0188 e. The Kier molecular flexibility index (Phi) is 7.58. The average Bonchev–Trinajstić information content (AvgIpc) is 1.82. The third kappa shape index (κ3) is 3.50. The van der Waals surface area contributed by atoms with Gasteiger partial charge in [0.1, 0.15) is 0 Å². The third-order valence-electron chi connectivity index (χ3n) is 1.58. The second kappa shape index (κ2) is 6.06. The van der Waals surface area contributed by atoms with Crippen molar-refractivity contribution in [2.75, 3.05) is 0 Å². The summed E-state index contributed by atoms with van der Waals surface area (Å²) in [5.74, 6) is 0. The molecular formula is C9H13Cl2I. The van der Waals surface area contributed by atoms with Gasteiger partial charge in [-0.3, -0.25) is 0 Å². The molecule has 3 heteroatoms. The topological polar surface area (TPSA) is 0 Å². The molecule has 1 aromatic carbocycles. The van der Waals surface area contributed by atoms with E-state index in [0.717, 1.165) is 0 Å². The number of aryl methyl sites for hydroxylation is 3. The highest BCUT2D eigenvalue weighted by Gasteiger charge is 1.97. The number of rotatable bonds is 0. The van der Waals surface area contributed by atoms with E-state index in [9.17, 15) is 0 Å². The Hall–Kier alpha value is 0.530. The van der Waals surface area contributed by atoms with Crippen LogP contribution in [0.5, 0.6) is 0 Å². The van der Waals surface area contributed by atoms with Gasteiger partial charge in [-0.1, -0.05) is 17.7 Å². The summed E-state index contributed by atoms with van der Waals surface area (Å²) in [5.41, 5.74) is 4.13. The highest BCUT2D eigenvalue weighted by molar-refractivity contribution is 14.1. The van der Waals surface area contributed by atoms with Gasteiger partial charge in [-0.15, -0.1) is 24.8 Å². The molecule has 0 aliphatic carbocycles. The van der Waals surface area contributed by atoms with E-state index in [0.29, 0.717) is 0 Å². The average molecular weight is 319 g/mol. The molecule has 0 unspecified atom stereocenters. The summed E-state index contributed by atoms with van der Waals surface area (Å²) in [6.07, 6.45) is 0. The first kappa shape index (κ1) is 15.0. The number of hydrogen-bond donors (Lipinski definition) is 0. The number of benzene rings is 1. The predicted molar refractivity (Wildman–Crippen MR) is 67.9 cm³/mol. The third-order valence-corrected chi connectivity index (χ3v) is 3.28. The highest BCUT2D eigenvalue weighted by atomic mass is 127. The lowest BCUT2D eigenvalue weighted by molar-refractivity contribution is 1.29. The van der Waals surface area contributed by atoms with Crippen molar-refractivity contribution in [2.45, 2.75) is 20.8 Å². The summed E-state index contributed by atoms with van der Waals surface area (Å²) in [7, 11) is 0. The van der Waals surface area contributed by atoms with Crippen LogP contribution in [0.1, 0.15) is 16.7 Å². The maximum absolute atomic E-state index is 2.39. The van der Waals surface area contributed by atoms with Crippen LogP contribution in [0.2, 0.25) is 0 Å². The van der Waals surface area contributed by atoms with Crippen molar-refractivity contribution in [2.24, 2.45) is 0 Å². The van der Waals surface area contributed by atoms with Crippen LogP contribution in [0.3, 0.4) is 0 Å². The number of hydrogen-bond acceptors (Lipinski definition) is 0. The molecule has 12 heavy (non-hydrogen) atoms. The van der Waals surface area contributed by atoms with Crippen LogP contribution >= 0.6 is 47.4 Å². The molecule has 0 saturated carbocycles. The minimum atomic E-state index is 0. The van der Waals surface area contributed by atoms with Gasteiger partial charge >= 0.3 is 0 Å². The monoisotopic (exact) mass is 318 g/mol. The molecule has 0 amide bonds. The molecule has 0 bridgehead atoms. The Morgan fingerprint density at radius 3 is 1.58 bits per heavy atom. The van der Waals surface area contributed by atoms with Crippen LogP contribution in [-0.4, -0.2) is 0 Å². The summed E-state index contributed by atoms with van der Waals surface area (Å²) in [6, 6.07) is 4.43. The molecular weight excluding hydrogens is 306 g/mol. The minimum Gasteiger partial charge on any atom is -0.147 e. The van der Waals surface area contributed by atoms with Crippen LogP contribution in [-0.2, 0) is 0 Å². The molecule has 0 radical (unpaired) electrons. The number of halogens is 3. The lowest BCUT2D eigenvalue weighted by Gasteiger charge is -2.03. The first-order chi connectivity index (χ1) is 4.61. The van der Waals surface area contributed by atoms with E-state index < -0.39 is 0 Å². The molecule has 0 N–H and O–H groups in total. The van der Waals surface area contributed by atoms with Gasteiger partial charge in [0.05, 0.1) is 0 Å². The quantitative estimate of drug-likeness (QED) is 0.633. The molecule has 0 aromatic heterocycles. The van der Waals surface area contributed by atoms with Gasteiger partial charge in [0.2, 0.25) is 0 Å². The van der Waals surface area contributed by atoms with Gasteiger partial charge in [-0.25, -0.2) is 0 Å². The Morgan fingerprint density at radius 1 is 0.917 bits per heavy atom. The fourth-order valence-corrected chi connectivity index (χ4v) is 1.47. The highest BCUT2D eigenvalue weighted by Crippen LogP contribution is 2.17. The Morgan fingerprint density at radius 2 is 1.25 bits per heavy atom. The van der Waals surface area contributed by atoms with Crippen molar-refractivity contribution in [1.29, 1.82) is 0 Å². The first-order valence-corrected chi connectivity index (χ1v) is 4.42. The molecule has 0 aliphatic heterocycles. The molecule has 0 atom stereocenters. The first-order valence-electron chi connectivity index (χ1n) is 3.34. The normalized spacial score (nSPS) is 8.33. The van der Waals surface area contributed by atoms with E-state index in [1.54, 1.807) is 0 Å². The van der Waals surface area contributed by atoms with Crippen LogP contribution in [0.15, 0.2) is 12.1 Å². The summed E-state index contributed by atoms with van der Waals surface area (Å²) in [6.45, 7) is 6.44. The van der Waals surface area contributed by atoms with Crippen molar-refractivity contribution < 1.29 is 0 Å². The molecule has 0 aliphatic rings. The maximum atomic E-state index is 2.39. The maximum Gasteiger partial charge on any atom is 0.0188 e. The SMILES string of the molecule is Cc1cc(C)c(I)c(C)c1.Cl.Cl. The summed E-state index contributed by atoms with van der Waals surface area (Å²) in [4.78, 5) is 0. The van der Waals surface area contributed by atoms with E-state index in [1.807, 2.05) is 0 Å². The second-order valence-corrected chi connectivity index (χ2v) is 3.79. The Labute approximate surface area is 100 Å². The summed E-state index contributed by atoms with van der Waals surface area (Å²) < 4.78 is 1.39. The standard InChI is InChI=1S/C9H11I.2ClH/c1-6-4-7(2)9(10)8(3)5-6;;/h4-5H,1-3H3;2*1H. The summed E-state index contributed by atoms with van der Waals surface area (Å²) >= 11 is 2.39. The molecule has 1 aromatic rings. The van der Waals surface area contributed by atoms with Gasteiger partial charge in [0, 0.05) is 3.57 Å². The van der Waals surface area contributed by atoms with Crippen LogP contribution in [0, 0.1) is 24.3 Å². The Balaban J connectivity index is 0. The van der Waals surface area contributed by atoms with E-state index in [4.69, 9.17) is 0 Å². The lowest BCUT2D eigenvalue weighted by atomic mass is 10.1. The second-order valence-electron chi connectivity index (χ2n) is 2.71. The molecule has 0 heterocycles. The zero-order valence-electron chi connectivity index (χ0n) is 7.35. The van der Waals surface area contributed by atoms with E-state index in [2.05, 4.69) is 55.5 Å². The minimum absolute atomic E-state index is 0.